The Morgan fingerprint density at radius 1 is 1.33 bits per heavy atom. The highest BCUT2D eigenvalue weighted by Crippen LogP contribution is 2.28. The molecule has 27 heavy (non-hydrogen) atoms. The van der Waals surface area contributed by atoms with Gasteiger partial charge >= 0.3 is 0 Å². The number of anilines is 1. The van der Waals surface area contributed by atoms with E-state index in [4.69, 9.17) is 0 Å². The number of halogens is 1. The lowest BCUT2D eigenvalue weighted by atomic mass is 9.97. The Hall–Kier alpha value is -1.64. The molecule has 1 aliphatic heterocycles. The summed E-state index contributed by atoms with van der Waals surface area (Å²) in [5.74, 6) is 0.704. The number of benzene rings is 1. The summed E-state index contributed by atoms with van der Waals surface area (Å²) in [4.78, 5) is 15.5. The number of amides is 1. The lowest BCUT2D eigenvalue weighted by molar-refractivity contribution is -0.125. The summed E-state index contributed by atoms with van der Waals surface area (Å²) >= 11 is 5.00. The van der Waals surface area contributed by atoms with E-state index in [1.807, 2.05) is 36.4 Å². The van der Waals surface area contributed by atoms with Gasteiger partial charge in [-0.1, -0.05) is 27.7 Å². The Morgan fingerprint density at radius 3 is 2.78 bits per heavy atom. The topological polar surface area (TPSA) is 78.4 Å². The Morgan fingerprint density at radius 2 is 2.11 bits per heavy atom. The first kappa shape index (κ1) is 20.1. The zero-order valence-corrected chi connectivity index (χ0v) is 17.5. The molecule has 2 aromatic rings. The molecule has 0 aliphatic carbocycles. The van der Waals surface area contributed by atoms with Gasteiger partial charge in [-0.25, -0.2) is 0 Å². The first-order valence-electron chi connectivity index (χ1n) is 8.99. The van der Waals surface area contributed by atoms with Crippen molar-refractivity contribution in [1.82, 2.24) is 15.5 Å². The molecule has 0 unspecified atom stereocenters. The Balaban J connectivity index is 1.59. The maximum Gasteiger partial charge on any atom is 0.224 e. The van der Waals surface area contributed by atoms with Crippen molar-refractivity contribution < 1.29 is 9.90 Å². The van der Waals surface area contributed by atoms with Gasteiger partial charge < -0.3 is 15.3 Å². The fraction of sp³-hybridized carbons (Fsp3) is 0.421. The van der Waals surface area contributed by atoms with E-state index >= 15 is 0 Å². The number of nitrogens with zero attached hydrogens (tertiary/aromatic N) is 3. The number of aliphatic hydroxyl groups is 1. The zero-order valence-electron chi connectivity index (χ0n) is 15.1. The second-order valence-electron chi connectivity index (χ2n) is 6.67. The molecule has 0 radical (unpaired) electrons. The molecule has 8 heteroatoms. The van der Waals surface area contributed by atoms with E-state index in [0.29, 0.717) is 6.54 Å². The Kier molecular flexibility index (Phi) is 7.09. The number of nitrogens with one attached hydrogen (secondary N) is 1. The van der Waals surface area contributed by atoms with E-state index in [1.54, 1.807) is 18.7 Å². The average molecular weight is 451 g/mol. The van der Waals surface area contributed by atoms with Gasteiger partial charge in [0.15, 0.2) is 5.82 Å². The normalized spacial score (nSPS) is 18.2. The summed E-state index contributed by atoms with van der Waals surface area (Å²) in [6.07, 6.45) is 1.26. The maximum atomic E-state index is 12.3. The highest BCUT2D eigenvalue weighted by molar-refractivity contribution is 9.10. The van der Waals surface area contributed by atoms with Crippen LogP contribution in [0.15, 0.2) is 50.8 Å². The van der Waals surface area contributed by atoms with Crippen molar-refractivity contribution in [2.75, 3.05) is 24.5 Å². The van der Waals surface area contributed by atoms with Crippen LogP contribution in [-0.2, 0) is 4.79 Å². The standard InChI is InChI=1S/C19H23BrN4O2S/c1-13(25)11-21-19(26)14-3-2-10-24(12-14)17-8-9-18(23-22-17)27-16-6-4-15(20)5-7-16/h4-9,13-14,25H,2-3,10-12H2,1H3,(H,21,26)/t13-,14-/m0/s1. The summed E-state index contributed by atoms with van der Waals surface area (Å²) in [5, 5.41) is 21.7. The fourth-order valence-electron chi connectivity index (χ4n) is 2.95. The monoisotopic (exact) mass is 450 g/mol. The second kappa shape index (κ2) is 9.52. The van der Waals surface area contributed by atoms with Crippen molar-refractivity contribution in [2.45, 2.75) is 35.8 Å². The number of carbonyl (C=O) groups is 1. The van der Waals surface area contributed by atoms with Crippen molar-refractivity contribution in [3.63, 3.8) is 0 Å². The van der Waals surface area contributed by atoms with Gasteiger partial charge in [0, 0.05) is 29.0 Å². The number of hydrogen-bond acceptors (Lipinski definition) is 6. The molecule has 144 valence electrons. The third-order valence-electron chi connectivity index (χ3n) is 4.35. The Bertz CT molecular complexity index is 755. The van der Waals surface area contributed by atoms with E-state index in [2.05, 4.69) is 36.3 Å². The first-order valence-corrected chi connectivity index (χ1v) is 10.6. The summed E-state index contributed by atoms with van der Waals surface area (Å²) in [7, 11) is 0. The number of hydrogen-bond donors (Lipinski definition) is 2. The SMILES string of the molecule is C[C@H](O)CNC(=O)[C@H]1CCCN(c2ccc(Sc3ccc(Br)cc3)nn2)C1. The number of piperidine rings is 1. The van der Waals surface area contributed by atoms with E-state index < -0.39 is 6.10 Å². The van der Waals surface area contributed by atoms with Crippen LogP contribution in [-0.4, -0.2) is 46.9 Å². The Labute approximate surface area is 171 Å². The average Bonchev–Trinajstić information content (AvgIpc) is 2.68. The second-order valence-corrected chi connectivity index (χ2v) is 8.67. The zero-order chi connectivity index (χ0) is 19.2. The summed E-state index contributed by atoms with van der Waals surface area (Å²) in [5.41, 5.74) is 0. The van der Waals surface area contributed by atoms with Crippen molar-refractivity contribution in [3.8, 4) is 0 Å². The molecule has 1 amide bonds. The van der Waals surface area contributed by atoms with Gasteiger partial charge in [0.25, 0.3) is 0 Å². The third-order valence-corrected chi connectivity index (χ3v) is 5.81. The van der Waals surface area contributed by atoms with Crippen LogP contribution in [0.25, 0.3) is 0 Å². The van der Waals surface area contributed by atoms with Gasteiger partial charge in [-0.2, -0.15) is 0 Å². The van der Waals surface area contributed by atoms with E-state index in [0.717, 1.165) is 39.6 Å². The highest BCUT2D eigenvalue weighted by Gasteiger charge is 2.26. The van der Waals surface area contributed by atoms with E-state index in [-0.39, 0.29) is 18.4 Å². The van der Waals surface area contributed by atoms with Gasteiger partial charge in [0.1, 0.15) is 5.03 Å². The molecule has 0 saturated carbocycles. The van der Waals surface area contributed by atoms with Crippen LogP contribution in [0, 0.1) is 5.92 Å². The smallest absolute Gasteiger partial charge is 0.224 e. The van der Waals surface area contributed by atoms with Crippen molar-refractivity contribution in [3.05, 3.63) is 40.9 Å². The van der Waals surface area contributed by atoms with Crippen LogP contribution < -0.4 is 10.2 Å². The molecule has 1 aliphatic rings. The lowest BCUT2D eigenvalue weighted by Crippen LogP contribution is -2.44. The van der Waals surface area contributed by atoms with E-state index in [1.165, 1.54) is 0 Å². The minimum atomic E-state index is -0.532. The molecule has 2 heterocycles. The first-order chi connectivity index (χ1) is 13.0. The molecule has 3 rings (SSSR count). The van der Waals surface area contributed by atoms with Gasteiger partial charge in [-0.3, -0.25) is 4.79 Å². The van der Waals surface area contributed by atoms with Crippen LogP contribution in [0.4, 0.5) is 5.82 Å². The summed E-state index contributed by atoms with van der Waals surface area (Å²) in [6, 6.07) is 12.0. The van der Waals surface area contributed by atoms with Crippen LogP contribution in [0.2, 0.25) is 0 Å². The minimum absolute atomic E-state index is 0.00373. The molecule has 1 saturated heterocycles. The molecular formula is C19H23BrN4O2S. The molecule has 1 fully saturated rings. The molecule has 0 bridgehead atoms. The molecule has 2 N–H and O–H groups in total. The van der Waals surface area contributed by atoms with Gasteiger partial charge in [-0.05, 0) is 56.2 Å². The number of carbonyl (C=O) groups excluding carboxylic acids is 1. The predicted octanol–water partition coefficient (Wildman–Crippen LogP) is 3.10. The molecule has 1 aromatic carbocycles. The van der Waals surface area contributed by atoms with Crippen LogP contribution in [0.3, 0.4) is 0 Å². The fourth-order valence-corrected chi connectivity index (χ4v) is 3.95. The molecule has 0 spiro atoms. The van der Waals surface area contributed by atoms with Crippen molar-refractivity contribution >= 4 is 39.4 Å². The maximum absolute atomic E-state index is 12.3. The van der Waals surface area contributed by atoms with Crippen molar-refractivity contribution in [2.24, 2.45) is 5.92 Å². The lowest BCUT2D eigenvalue weighted by Gasteiger charge is -2.32. The highest BCUT2D eigenvalue weighted by atomic mass is 79.9. The van der Waals surface area contributed by atoms with E-state index in [9.17, 15) is 9.90 Å². The minimum Gasteiger partial charge on any atom is -0.392 e. The molecular weight excluding hydrogens is 428 g/mol. The molecule has 2 atom stereocenters. The van der Waals surface area contributed by atoms with Gasteiger partial charge in [0.2, 0.25) is 5.91 Å². The molecule has 1 aromatic heterocycles. The third kappa shape index (κ3) is 5.92. The molecule has 6 nitrogen and oxygen atoms in total. The summed E-state index contributed by atoms with van der Waals surface area (Å²) < 4.78 is 1.05. The summed E-state index contributed by atoms with van der Waals surface area (Å²) in [6.45, 7) is 3.45. The largest absolute Gasteiger partial charge is 0.392 e. The van der Waals surface area contributed by atoms with Crippen LogP contribution in [0.5, 0.6) is 0 Å². The van der Waals surface area contributed by atoms with Crippen LogP contribution >= 0.6 is 27.7 Å². The van der Waals surface area contributed by atoms with Gasteiger partial charge in [-0.15, -0.1) is 10.2 Å². The quantitative estimate of drug-likeness (QED) is 0.703. The predicted molar refractivity (Wildman–Crippen MR) is 110 cm³/mol. The number of aliphatic hydroxyl groups excluding tert-OH is 1. The number of rotatable bonds is 6. The van der Waals surface area contributed by atoms with Crippen molar-refractivity contribution in [1.29, 1.82) is 0 Å². The number of aromatic nitrogens is 2. The van der Waals surface area contributed by atoms with Gasteiger partial charge in [0.05, 0.1) is 12.0 Å². The van der Waals surface area contributed by atoms with Crippen LogP contribution in [0.1, 0.15) is 19.8 Å².